The molecule has 0 spiro atoms. The molecule has 0 aliphatic carbocycles. The van der Waals surface area contributed by atoms with Gasteiger partial charge in [0.15, 0.2) is 29.5 Å². The molecule has 2 aromatic rings. The Hall–Kier alpha value is -2.93. The SMILES string of the molecule is CCOc1ccc(CC2c3cc(OCC)c(OCC)cc3CCN2C(=O)C[NH2+]C(C)C)cc1OCC. The van der Waals surface area contributed by atoms with Crippen molar-refractivity contribution in [1.29, 1.82) is 0 Å². The zero-order valence-corrected chi connectivity index (χ0v) is 22.8. The highest BCUT2D eigenvalue weighted by Gasteiger charge is 2.33. The molecule has 0 fully saturated rings. The van der Waals surface area contributed by atoms with Gasteiger partial charge in [-0.25, -0.2) is 0 Å². The van der Waals surface area contributed by atoms with Crippen molar-refractivity contribution in [1.82, 2.24) is 4.90 Å². The quantitative estimate of drug-likeness (QED) is 0.452. The Labute approximate surface area is 216 Å². The van der Waals surface area contributed by atoms with E-state index in [0.717, 1.165) is 40.5 Å². The van der Waals surface area contributed by atoms with E-state index in [2.05, 4.69) is 37.4 Å². The smallest absolute Gasteiger partial charge is 0.278 e. The van der Waals surface area contributed by atoms with Gasteiger partial charge in [-0.3, -0.25) is 4.79 Å². The summed E-state index contributed by atoms with van der Waals surface area (Å²) in [7, 11) is 0. The van der Waals surface area contributed by atoms with Crippen molar-refractivity contribution in [2.45, 2.75) is 66.5 Å². The molecule has 7 nitrogen and oxygen atoms in total. The fourth-order valence-electron chi connectivity index (χ4n) is 4.66. The fourth-order valence-corrected chi connectivity index (χ4v) is 4.66. The van der Waals surface area contributed by atoms with Gasteiger partial charge in [0.1, 0.15) is 0 Å². The number of benzene rings is 2. The number of fused-ring (bicyclic) bond motifs is 1. The number of carbonyl (C=O) groups is 1. The normalized spacial score (nSPS) is 15.0. The Morgan fingerprint density at radius 3 is 2.08 bits per heavy atom. The number of nitrogens with two attached hydrogens (primary N) is 1. The van der Waals surface area contributed by atoms with Crippen LogP contribution in [0, 0.1) is 0 Å². The van der Waals surface area contributed by atoms with Crippen LogP contribution in [0.5, 0.6) is 23.0 Å². The molecular weight excluding hydrogens is 456 g/mol. The van der Waals surface area contributed by atoms with E-state index in [-0.39, 0.29) is 11.9 Å². The van der Waals surface area contributed by atoms with Gasteiger partial charge in [0.05, 0.1) is 38.5 Å². The van der Waals surface area contributed by atoms with Crippen molar-refractivity contribution < 1.29 is 29.1 Å². The first-order chi connectivity index (χ1) is 17.4. The summed E-state index contributed by atoms with van der Waals surface area (Å²) in [4.78, 5) is 15.4. The molecule has 0 radical (unpaired) electrons. The summed E-state index contributed by atoms with van der Waals surface area (Å²) in [5, 5.41) is 2.09. The van der Waals surface area contributed by atoms with E-state index in [1.807, 2.05) is 44.7 Å². The second kappa shape index (κ2) is 13.4. The van der Waals surface area contributed by atoms with E-state index in [1.54, 1.807) is 0 Å². The Morgan fingerprint density at radius 2 is 1.47 bits per heavy atom. The molecule has 1 aliphatic heterocycles. The molecule has 1 atom stereocenters. The van der Waals surface area contributed by atoms with E-state index in [9.17, 15) is 4.79 Å². The van der Waals surface area contributed by atoms with Gasteiger partial charge in [-0.15, -0.1) is 0 Å². The van der Waals surface area contributed by atoms with Crippen LogP contribution < -0.4 is 24.3 Å². The van der Waals surface area contributed by atoms with Crippen molar-refractivity contribution in [2.75, 3.05) is 39.5 Å². The molecule has 2 N–H and O–H groups in total. The summed E-state index contributed by atoms with van der Waals surface area (Å²) < 4.78 is 23.5. The van der Waals surface area contributed by atoms with Gasteiger partial charge in [0, 0.05) is 6.54 Å². The van der Waals surface area contributed by atoms with Crippen molar-refractivity contribution in [3.63, 3.8) is 0 Å². The number of nitrogens with zero attached hydrogens (tertiary/aromatic N) is 1. The second-order valence-corrected chi connectivity index (χ2v) is 9.25. The van der Waals surface area contributed by atoms with Crippen LogP contribution in [-0.2, 0) is 17.6 Å². The van der Waals surface area contributed by atoms with E-state index < -0.39 is 0 Å². The van der Waals surface area contributed by atoms with Gasteiger partial charge < -0.3 is 29.2 Å². The second-order valence-electron chi connectivity index (χ2n) is 9.25. The number of hydrogen-bond donors (Lipinski definition) is 1. The number of quaternary nitrogens is 1. The highest BCUT2D eigenvalue weighted by Crippen LogP contribution is 2.40. The highest BCUT2D eigenvalue weighted by atomic mass is 16.5. The first kappa shape index (κ1) is 27.7. The van der Waals surface area contributed by atoms with E-state index in [4.69, 9.17) is 18.9 Å². The van der Waals surface area contributed by atoms with E-state index in [0.29, 0.717) is 52.0 Å². The predicted octanol–water partition coefficient (Wildman–Crippen LogP) is 3.92. The van der Waals surface area contributed by atoms with Crippen LogP contribution in [0.1, 0.15) is 64.3 Å². The van der Waals surface area contributed by atoms with E-state index >= 15 is 0 Å². The van der Waals surface area contributed by atoms with Gasteiger partial charge >= 0.3 is 0 Å². The van der Waals surface area contributed by atoms with Crippen molar-refractivity contribution in [2.24, 2.45) is 0 Å². The highest BCUT2D eigenvalue weighted by molar-refractivity contribution is 5.78. The molecule has 198 valence electrons. The molecule has 1 heterocycles. The monoisotopic (exact) mass is 499 g/mol. The third-order valence-corrected chi connectivity index (χ3v) is 6.28. The zero-order valence-electron chi connectivity index (χ0n) is 22.8. The van der Waals surface area contributed by atoms with Crippen molar-refractivity contribution in [3.05, 3.63) is 47.0 Å². The van der Waals surface area contributed by atoms with Crippen LogP contribution in [0.3, 0.4) is 0 Å². The van der Waals surface area contributed by atoms with Gasteiger partial charge in [-0.05, 0) is 95.3 Å². The summed E-state index contributed by atoms with van der Waals surface area (Å²) in [5.74, 6) is 3.13. The van der Waals surface area contributed by atoms with Gasteiger partial charge in [0.25, 0.3) is 5.91 Å². The minimum Gasteiger partial charge on any atom is -0.490 e. The molecule has 0 saturated carbocycles. The molecule has 36 heavy (non-hydrogen) atoms. The first-order valence-corrected chi connectivity index (χ1v) is 13.3. The number of carbonyl (C=O) groups excluding carboxylic acids is 1. The Morgan fingerprint density at radius 1 is 0.889 bits per heavy atom. The van der Waals surface area contributed by atoms with Crippen LogP contribution in [0.2, 0.25) is 0 Å². The number of amides is 1. The van der Waals surface area contributed by atoms with Gasteiger partial charge in [-0.2, -0.15) is 0 Å². The summed E-state index contributed by atoms with van der Waals surface area (Å²) in [6.07, 6.45) is 1.46. The Balaban J connectivity index is 2.02. The average molecular weight is 500 g/mol. The minimum atomic E-state index is -0.107. The third kappa shape index (κ3) is 6.84. The Kier molecular flexibility index (Phi) is 10.3. The number of hydrogen-bond acceptors (Lipinski definition) is 5. The van der Waals surface area contributed by atoms with Crippen LogP contribution in [0.25, 0.3) is 0 Å². The fraction of sp³-hybridized carbons (Fsp3) is 0.552. The molecule has 7 heteroatoms. The molecule has 0 bridgehead atoms. The lowest BCUT2D eigenvalue weighted by Gasteiger charge is -2.38. The molecular formula is C29H43N2O5+. The van der Waals surface area contributed by atoms with Gasteiger partial charge in [-0.1, -0.05) is 6.07 Å². The Bertz CT molecular complexity index is 1010. The van der Waals surface area contributed by atoms with Crippen molar-refractivity contribution in [3.8, 4) is 23.0 Å². The lowest BCUT2D eigenvalue weighted by molar-refractivity contribution is -0.673. The standard InChI is InChI=1S/C29H42N2O5/c1-7-33-25-12-11-21(16-26(25)34-8-2)15-24-23-18-28(36-10-4)27(35-9-3)17-22(23)13-14-31(24)29(32)19-30-20(5)6/h11-12,16-18,20,24,30H,7-10,13-15,19H2,1-6H3/p+1. The van der Waals surface area contributed by atoms with Gasteiger partial charge in [0.2, 0.25) is 0 Å². The number of ether oxygens (including phenoxy) is 4. The number of rotatable bonds is 13. The molecule has 0 saturated heterocycles. The van der Waals surface area contributed by atoms with Crippen LogP contribution >= 0.6 is 0 Å². The first-order valence-electron chi connectivity index (χ1n) is 13.3. The summed E-state index contributed by atoms with van der Waals surface area (Å²) >= 11 is 0. The summed E-state index contributed by atoms with van der Waals surface area (Å²) in [6, 6.07) is 10.5. The molecule has 1 amide bonds. The summed E-state index contributed by atoms with van der Waals surface area (Å²) in [5.41, 5.74) is 3.43. The maximum atomic E-state index is 13.4. The largest absolute Gasteiger partial charge is 0.490 e. The summed E-state index contributed by atoms with van der Waals surface area (Å²) in [6.45, 7) is 15.5. The minimum absolute atomic E-state index is 0.107. The maximum Gasteiger partial charge on any atom is 0.278 e. The lowest BCUT2D eigenvalue weighted by atomic mass is 9.88. The molecule has 1 aliphatic rings. The van der Waals surface area contributed by atoms with Crippen LogP contribution in [-0.4, -0.2) is 56.4 Å². The molecule has 3 rings (SSSR count). The van der Waals surface area contributed by atoms with E-state index in [1.165, 1.54) is 5.56 Å². The van der Waals surface area contributed by atoms with Crippen LogP contribution in [0.15, 0.2) is 30.3 Å². The molecule has 1 unspecified atom stereocenters. The van der Waals surface area contributed by atoms with Crippen molar-refractivity contribution >= 4 is 5.91 Å². The topological polar surface area (TPSA) is 73.8 Å². The lowest BCUT2D eigenvalue weighted by Crippen LogP contribution is -2.90. The molecule has 0 aromatic heterocycles. The maximum absolute atomic E-state index is 13.4. The zero-order chi connectivity index (χ0) is 26.1. The molecule has 2 aromatic carbocycles. The van der Waals surface area contributed by atoms with Crippen LogP contribution in [0.4, 0.5) is 0 Å². The predicted molar refractivity (Wildman–Crippen MR) is 141 cm³/mol. The average Bonchev–Trinajstić information content (AvgIpc) is 2.85. The third-order valence-electron chi connectivity index (χ3n) is 6.28.